The van der Waals surface area contributed by atoms with Gasteiger partial charge in [0.25, 0.3) is 0 Å². The summed E-state index contributed by atoms with van der Waals surface area (Å²) in [7, 11) is 0. The van der Waals surface area contributed by atoms with Crippen LogP contribution in [-0.4, -0.2) is 0 Å². The van der Waals surface area contributed by atoms with Gasteiger partial charge >= 0.3 is 0 Å². The van der Waals surface area contributed by atoms with Gasteiger partial charge in [0.2, 0.25) is 0 Å². The molecule has 0 saturated heterocycles. The Kier molecular flexibility index (Phi) is 2.53. The van der Waals surface area contributed by atoms with Crippen LogP contribution >= 0.6 is 27.3 Å². The van der Waals surface area contributed by atoms with Crippen LogP contribution in [-0.2, 0) is 19.4 Å². The molecule has 2 rings (SSSR count). The van der Waals surface area contributed by atoms with E-state index >= 15 is 0 Å². The Morgan fingerprint density at radius 2 is 1.92 bits per heavy atom. The number of fused-ring (bicyclic) bond motifs is 1. The predicted octanol–water partition coefficient (Wildman–Crippen LogP) is 2.85. The third kappa shape index (κ3) is 1.34. The van der Waals surface area contributed by atoms with E-state index < -0.39 is 0 Å². The molecule has 3 heteroatoms. The summed E-state index contributed by atoms with van der Waals surface area (Å²) in [6.45, 7) is 0.707. The van der Waals surface area contributed by atoms with Crippen LogP contribution in [0, 0.1) is 0 Å². The number of hydrogen-bond acceptors (Lipinski definition) is 2. The van der Waals surface area contributed by atoms with E-state index in [0.29, 0.717) is 6.54 Å². The first kappa shape index (κ1) is 8.73. The molecule has 0 unspecified atom stereocenters. The number of halogens is 1. The molecule has 12 heavy (non-hydrogen) atoms. The molecule has 0 radical (unpaired) electrons. The Morgan fingerprint density at radius 1 is 1.25 bits per heavy atom. The zero-order valence-corrected chi connectivity index (χ0v) is 9.30. The fraction of sp³-hybridized carbons (Fsp3) is 0.556. The largest absolute Gasteiger partial charge is 0.326 e. The minimum Gasteiger partial charge on any atom is -0.326 e. The van der Waals surface area contributed by atoms with Crippen molar-refractivity contribution < 1.29 is 0 Å². The normalized spacial score (nSPS) is 16.2. The van der Waals surface area contributed by atoms with Gasteiger partial charge in [-0.3, -0.25) is 0 Å². The molecule has 2 N–H and O–H groups in total. The maximum Gasteiger partial charge on any atom is 0.0736 e. The molecule has 0 atom stereocenters. The second-order valence-corrected chi connectivity index (χ2v) is 5.59. The quantitative estimate of drug-likeness (QED) is 0.810. The fourth-order valence-electron chi connectivity index (χ4n) is 1.83. The van der Waals surface area contributed by atoms with Crippen molar-refractivity contribution in [1.82, 2.24) is 0 Å². The Hall–Kier alpha value is 0.140. The summed E-state index contributed by atoms with van der Waals surface area (Å²) in [5, 5.41) is 0. The molecule has 0 aliphatic heterocycles. The Balaban J connectivity index is 2.47. The molecule has 1 heterocycles. The monoisotopic (exact) mass is 245 g/mol. The first-order chi connectivity index (χ1) is 5.83. The van der Waals surface area contributed by atoms with Crippen molar-refractivity contribution in [3.05, 3.63) is 19.8 Å². The topological polar surface area (TPSA) is 26.0 Å². The summed E-state index contributed by atoms with van der Waals surface area (Å²) < 4.78 is 1.32. The van der Waals surface area contributed by atoms with E-state index in [2.05, 4.69) is 15.9 Å². The van der Waals surface area contributed by atoms with Crippen molar-refractivity contribution in [3.63, 3.8) is 0 Å². The van der Waals surface area contributed by atoms with Gasteiger partial charge in [0.1, 0.15) is 0 Å². The lowest BCUT2D eigenvalue weighted by Crippen LogP contribution is -2.04. The van der Waals surface area contributed by atoms with E-state index in [1.165, 1.54) is 39.9 Å². The van der Waals surface area contributed by atoms with Gasteiger partial charge in [0, 0.05) is 11.4 Å². The lowest BCUT2D eigenvalue weighted by Gasteiger charge is -2.12. The molecule has 1 aliphatic carbocycles. The highest BCUT2D eigenvalue weighted by atomic mass is 79.9. The van der Waals surface area contributed by atoms with Gasteiger partial charge in [-0.2, -0.15) is 0 Å². The molecule has 1 aromatic rings. The molecule has 1 nitrogen and oxygen atoms in total. The summed E-state index contributed by atoms with van der Waals surface area (Å²) in [5.41, 5.74) is 8.75. The Bertz CT molecular complexity index is 293. The van der Waals surface area contributed by atoms with Gasteiger partial charge in [0.05, 0.1) is 3.79 Å². The van der Waals surface area contributed by atoms with Crippen molar-refractivity contribution in [2.24, 2.45) is 5.73 Å². The highest BCUT2D eigenvalue weighted by molar-refractivity contribution is 9.11. The highest BCUT2D eigenvalue weighted by Crippen LogP contribution is 2.37. The molecular formula is C9H12BrNS. The van der Waals surface area contributed by atoms with E-state index in [1.54, 1.807) is 5.56 Å². The molecular weight excluding hydrogens is 234 g/mol. The Morgan fingerprint density at radius 3 is 2.58 bits per heavy atom. The van der Waals surface area contributed by atoms with Gasteiger partial charge < -0.3 is 5.73 Å². The maximum atomic E-state index is 5.68. The lowest BCUT2D eigenvalue weighted by molar-refractivity contribution is 0.683. The molecule has 1 aromatic heterocycles. The highest BCUT2D eigenvalue weighted by Gasteiger charge is 2.18. The molecule has 1 aliphatic rings. The fourth-order valence-corrected chi connectivity index (χ4v) is 3.85. The number of rotatable bonds is 1. The SMILES string of the molecule is NCc1sc(Br)c2c1CCCC2. The van der Waals surface area contributed by atoms with Gasteiger partial charge in [-0.15, -0.1) is 11.3 Å². The average Bonchev–Trinajstić information content (AvgIpc) is 2.44. The van der Waals surface area contributed by atoms with Crippen LogP contribution in [0.5, 0.6) is 0 Å². The summed E-state index contributed by atoms with van der Waals surface area (Å²) in [6.07, 6.45) is 5.16. The summed E-state index contributed by atoms with van der Waals surface area (Å²) in [5.74, 6) is 0. The van der Waals surface area contributed by atoms with E-state index in [4.69, 9.17) is 5.73 Å². The number of nitrogens with two attached hydrogens (primary N) is 1. The molecule has 0 saturated carbocycles. The van der Waals surface area contributed by atoms with E-state index in [0.717, 1.165) is 0 Å². The Labute approximate surface area is 85.1 Å². The molecule has 0 fully saturated rings. The van der Waals surface area contributed by atoms with Crippen molar-refractivity contribution in [2.45, 2.75) is 32.2 Å². The third-order valence-corrected chi connectivity index (χ3v) is 4.49. The second kappa shape index (κ2) is 3.48. The average molecular weight is 246 g/mol. The maximum absolute atomic E-state index is 5.68. The number of thiophene rings is 1. The second-order valence-electron chi connectivity index (χ2n) is 3.17. The van der Waals surface area contributed by atoms with Crippen LogP contribution in [0.3, 0.4) is 0 Å². The van der Waals surface area contributed by atoms with E-state index in [-0.39, 0.29) is 0 Å². The predicted molar refractivity (Wildman–Crippen MR) is 56.6 cm³/mol. The number of hydrogen-bond donors (Lipinski definition) is 1. The van der Waals surface area contributed by atoms with Crippen LogP contribution in [0.4, 0.5) is 0 Å². The van der Waals surface area contributed by atoms with E-state index in [1.807, 2.05) is 11.3 Å². The smallest absolute Gasteiger partial charge is 0.0736 e. The van der Waals surface area contributed by atoms with Crippen molar-refractivity contribution in [3.8, 4) is 0 Å². The summed E-state index contributed by atoms with van der Waals surface area (Å²) in [4.78, 5) is 1.39. The van der Waals surface area contributed by atoms with Crippen LogP contribution in [0.15, 0.2) is 3.79 Å². The zero-order valence-electron chi connectivity index (χ0n) is 6.90. The molecule has 0 bridgehead atoms. The molecule has 0 amide bonds. The molecule has 66 valence electrons. The molecule has 0 aromatic carbocycles. The van der Waals surface area contributed by atoms with Gasteiger partial charge in [0.15, 0.2) is 0 Å². The minimum absolute atomic E-state index is 0.707. The minimum atomic E-state index is 0.707. The van der Waals surface area contributed by atoms with Gasteiger partial charge in [-0.1, -0.05) is 0 Å². The van der Waals surface area contributed by atoms with Crippen LogP contribution < -0.4 is 5.73 Å². The standard InChI is InChI=1S/C9H12BrNS/c10-9-7-4-2-1-3-6(7)8(5-11)12-9/h1-5,11H2. The van der Waals surface area contributed by atoms with Gasteiger partial charge in [-0.25, -0.2) is 0 Å². The van der Waals surface area contributed by atoms with Crippen molar-refractivity contribution in [2.75, 3.05) is 0 Å². The first-order valence-electron chi connectivity index (χ1n) is 4.32. The van der Waals surface area contributed by atoms with Crippen LogP contribution in [0.2, 0.25) is 0 Å². The van der Waals surface area contributed by atoms with Gasteiger partial charge in [-0.05, 0) is 52.7 Å². The summed E-state index contributed by atoms with van der Waals surface area (Å²) in [6, 6.07) is 0. The van der Waals surface area contributed by atoms with Crippen LogP contribution in [0.1, 0.15) is 28.8 Å². The van der Waals surface area contributed by atoms with E-state index in [9.17, 15) is 0 Å². The summed E-state index contributed by atoms with van der Waals surface area (Å²) >= 11 is 5.43. The first-order valence-corrected chi connectivity index (χ1v) is 5.93. The van der Waals surface area contributed by atoms with Crippen LogP contribution in [0.25, 0.3) is 0 Å². The lowest BCUT2D eigenvalue weighted by atomic mass is 9.94. The van der Waals surface area contributed by atoms with Crippen molar-refractivity contribution in [1.29, 1.82) is 0 Å². The van der Waals surface area contributed by atoms with Crippen molar-refractivity contribution >= 4 is 27.3 Å². The molecule has 0 spiro atoms. The zero-order chi connectivity index (χ0) is 8.55. The third-order valence-electron chi connectivity index (χ3n) is 2.44.